The molecule has 0 spiro atoms. The number of carbonyl (C=O) groups excluding carboxylic acids is 3. The SMILES string of the molecule is Cc1cc(NC(=O)CSCC(=O)OCC(=O)Nc2ccc(C)c(S(=O)(=O)N(C)C)c2)no1. The number of thioether (sulfide) groups is 1. The predicted octanol–water partition coefficient (Wildman–Crippen LogP) is 1.40. The van der Waals surface area contributed by atoms with Gasteiger partial charge < -0.3 is 19.9 Å². The predicted molar refractivity (Wildman–Crippen MR) is 119 cm³/mol. The van der Waals surface area contributed by atoms with Crippen LogP contribution in [0.5, 0.6) is 0 Å². The number of carbonyl (C=O) groups is 3. The number of aromatic nitrogens is 1. The molecule has 174 valence electrons. The molecule has 1 heterocycles. The summed E-state index contributed by atoms with van der Waals surface area (Å²) in [6, 6.07) is 6.02. The molecule has 2 amide bonds. The van der Waals surface area contributed by atoms with Crippen LogP contribution < -0.4 is 10.6 Å². The standard InChI is InChI=1S/C19H24N4O7S2/c1-12-5-6-14(8-15(12)32(27,28)23(3)4)20-17(24)9-29-19(26)11-31-10-18(25)21-16-7-13(2)30-22-16/h5-8H,9-11H2,1-4H3,(H,20,24)(H,21,22,25). The Labute approximate surface area is 189 Å². The molecule has 32 heavy (non-hydrogen) atoms. The average molecular weight is 485 g/mol. The van der Waals surface area contributed by atoms with Crippen LogP contribution in [-0.4, -0.2) is 67.9 Å². The number of anilines is 2. The number of rotatable bonds is 10. The first-order valence-corrected chi connectivity index (χ1v) is 11.9. The Hall–Kier alpha value is -2.90. The van der Waals surface area contributed by atoms with Crippen LogP contribution in [0, 0.1) is 13.8 Å². The van der Waals surface area contributed by atoms with Crippen LogP contribution in [0.1, 0.15) is 11.3 Å². The van der Waals surface area contributed by atoms with E-state index in [-0.39, 0.29) is 33.8 Å². The summed E-state index contributed by atoms with van der Waals surface area (Å²) < 4.78 is 35.5. The molecule has 0 atom stereocenters. The zero-order chi connectivity index (χ0) is 23.9. The molecule has 13 heteroatoms. The molecule has 11 nitrogen and oxygen atoms in total. The van der Waals surface area contributed by atoms with Crippen LogP contribution in [0.15, 0.2) is 33.7 Å². The molecule has 0 radical (unpaired) electrons. The zero-order valence-electron chi connectivity index (χ0n) is 18.0. The molecule has 1 aromatic carbocycles. The minimum atomic E-state index is -3.68. The van der Waals surface area contributed by atoms with Gasteiger partial charge in [0.1, 0.15) is 5.76 Å². The van der Waals surface area contributed by atoms with Gasteiger partial charge >= 0.3 is 5.97 Å². The van der Waals surface area contributed by atoms with Gasteiger partial charge in [-0.05, 0) is 31.5 Å². The van der Waals surface area contributed by atoms with Gasteiger partial charge in [-0.25, -0.2) is 12.7 Å². The van der Waals surface area contributed by atoms with E-state index in [0.717, 1.165) is 16.1 Å². The van der Waals surface area contributed by atoms with Gasteiger partial charge in [-0.2, -0.15) is 0 Å². The monoisotopic (exact) mass is 484 g/mol. The van der Waals surface area contributed by atoms with E-state index in [1.807, 2.05) is 0 Å². The Bertz CT molecular complexity index is 1100. The number of aryl methyl sites for hydroxylation is 2. The zero-order valence-corrected chi connectivity index (χ0v) is 19.6. The van der Waals surface area contributed by atoms with Crippen molar-refractivity contribution in [3.63, 3.8) is 0 Å². The van der Waals surface area contributed by atoms with Gasteiger partial charge in [0.25, 0.3) is 5.91 Å². The minimum Gasteiger partial charge on any atom is -0.455 e. The average Bonchev–Trinajstić information content (AvgIpc) is 3.12. The van der Waals surface area contributed by atoms with Crippen molar-refractivity contribution < 1.29 is 32.1 Å². The third-order valence-corrected chi connectivity index (χ3v) is 6.81. The third kappa shape index (κ3) is 7.35. The summed E-state index contributed by atoms with van der Waals surface area (Å²) in [5.74, 6) is -0.971. The first kappa shape index (κ1) is 25.4. The van der Waals surface area contributed by atoms with Crippen LogP contribution in [0.3, 0.4) is 0 Å². The van der Waals surface area contributed by atoms with Crippen LogP contribution in [0.2, 0.25) is 0 Å². The Morgan fingerprint density at radius 2 is 1.81 bits per heavy atom. The molecule has 1 aromatic heterocycles. The summed E-state index contributed by atoms with van der Waals surface area (Å²) in [5.41, 5.74) is 0.786. The van der Waals surface area contributed by atoms with E-state index < -0.39 is 28.5 Å². The molecule has 0 aliphatic heterocycles. The molecule has 0 saturated carbocycles. The van der Waals surface area contributed by atoms with Gasteiger partial charge in [-0.15, -0.1) is 11.8 Å². The summed E-state index contributed by atoms with van der Waals surface area (Å²) in [5, 5.41) is 8.63. The van der Waals surface area contributed by atoms with Crippen LogP contribution in [0.4, 0.5) is 11.5 Å². The van der Waals surface area contributed by atoms with E-state index in [1.54, 1.807) is 32.0 Å². The maximum atomic E-state index is 12.4. The third-order valence-electron chi connectivity index (χ3n) is 3.94. The van der Waals surface area contributed by atoms with Crippen LogP contribution in [-0.2, 0) is 29.1 Å². The number of amides is 2. The number of nitrogens with one attached hydrogen (secondary N) is 2. The maximum absolute atomic E-state index is 12.4. The molecular weight excluding hydrogens is 460 g/mol. The second kappa shape index (κ2) is 11.1. The van der Waals surface area contributed by atoms with Gasteiger partial charge in [0.2, 0.25) is 15.9 Å². The molecule has 2 aromatic rings. The summed E-state index contributed by atoms with van der Waals surface area (Å²) in [6.07, 6.45) is 0. The first-order valence-electron chi connectivity index (χ1n) is 9.28. The highest BCUT2D eigenvalue weighted by Crippen LogP contribution is 2.22. The highest BCUT2D eigenvalue weighted by molar-refractivity contribution is 8.00. The lowest BCUT2D eigenvalue weighted by molar-refractivity contribution is -0.144. The number of benzene rings is 1. The molecule has 0 aliphatic rings. The van der Waals surface area contributed by atoms with Crippen LogP contribution >= 0.6 is 11.8 Å². The summed E-state index contributed by atoms with van der Waals surface area (Å²) >= 11 is 1.01. The van der Waals surface area contributed by atoms with E-state index in [4.69, 9.17) is 9.26 Å². The highest BCUT2D eigenvalue weighted by Gasteiger charge is 2.20. The van der Waals surface area contributed by atoms with Gasteiger partial charge in [0.15, 0.2) is 12.4 Å². The normalized spacial score (nSPS) is 11.3. The largest absolute Gasteiger partial charge is 0.455 e. The molecule has 2 rings (SSSR count). The van der Waals surface area contributed by atoms with Crippen molar-refractivity contribution in [3.8, 4) is 0 Å². The molecule has 0 fully saturated rings. The topological polar surface area (TPSA) is 148 Å². The van der Waals surface area contributed by atoms with E-state index >= 15 is 0 Å². The van der Waals surface area contributed by atoms with Crippen molar-refractivity contribution in [2.75, 3.05) is 42.8 Å². The number of hydrogen-bond donors (Lipinski definition) is 2. The molecular formula is C19H24N4O7S2. The van der Waals surface area contributed by atoms with Crippen molar-refractivity contribution in [2.24, 2.45) is 0 Å². The molecule has 0 aliphatic carbocycles. The van der Waals surface area contributed by atoms with E-state index in [1.165, 1.54) is 20.2 Å². The molecule has 0 bridgehead atoms. The number of hydrogen-bond acceptors (Lipinski definition) is 9. The summed E-state index contributed by atoms with van der Waals surface area (Å²) in [6.45, 7) is 2.79. The van der Waals surface area contributed by atoms with E-state index in [0.29, 0.717) is 11.3 Å². The van der Waals surface area contributed by atoms with E-state index in [9.17, 15) is 22.8 Å². The number of nitrogens with zero attached hydrogens (tertiary/aromatic N) is 2. The second-order valence-corrected chi connectivity index (χ2v) is 9.95. The smallest absolute Gasteiger partial charge is 0.316 e. The van der Waals surface area contributed by atoms with Crippen molar-refractivity contribution in [1.29, 1.82) is 0 Å². The molecule has 2 N–H and O–H groups in total. The second-order valence-electron chi connectivity index (χ2n) is 6.84. The molecule has 0 saturated heterocycles. The lowest BCUT2D eigenvalue weighted by Gasteiger charge is -2.15. The lowest BCUT2D eigenvalue weighted by atomic mass is 10.2. The van der Waals surface area contributed by atoms with Crippen molar-refractivity contribution in [1.82, 2.24) is 9.46 Å². The number of sulfonamides is 1. The highest BCUT2D eigenvalue weighted by atomic mass is 32.2. The van der Waals surface area contributed by atoms with Gasteiger partial charge in [0, 0.05) is 25.8 Å². The number of esters is 1. The maximum Gasteiger partial charge on any atom is 0.316 e. The lowest BCUT2D eigenvalue weighted by Crippen LogP contribution is -2.24. The summed E-state index contributed by atoms with van der Waals surface area (Å²) in [7, 11) is -0.849. The first-order chi connectivity index (χ1) is 15.0. The quantitative estimate of drug-likeness (QED) is 0.477. The van der Waals surface area contributed by atoms with Crippen molar-refractivity contribution >= 4 is 51.1 Å². The van der Waals surface area contributed by atoms with Crippen molar-refractivity contribution in [3.05, 3.63) is 35.6 Å². The summed E-state index contributed by atoms with van der Waals surface area (Å²) in [4.78, 5) is 35.7. The van der Waals surface area contributed by atoms with Crippen molar-refractivity contribution in [2.45, 2.75) is 18.7 Å². The molecule has 0 unspecified atom stereocenters. The number of ether oxygens (including phenoxy) is 1. The van der Waals surface area contributed by atoms with Crippen LogP contribution in [0.25, 0.3) is 0 Å². The Balaban J connectivity index is 1.77. The Morgan fingerprint density at radius 1 is 1.09 bits per heavy atom. The minimum absolute atomic E-state index is 0.0142. The Kier molecular flexibility index (Phi) is 8.80. The van der Waals surface area contributed by atoms with Gasteiger partial charge in [-0.1, -0.05) is 11.2 Å². The fraction of sp³-hybridized carbons (Fsp3) is 0.368. The fourth-order valence-electron chi connectivity index (χ4n) is 2.37. The fourth-order valence-corrected chi connectivity index (χ4v) is 4.12. The Morgan fingerprint density at radius 3 is 2.44 bits per heavy atom. The van der Waals surface area contributed by atoms with Gasteiger partial charge in [-0.3, -0.25) is 14.4 Å². The van der Waals surface area contributed by atoms with E-state index in [2.05, 4.69) is 15.8 Å². The van der Waals surface area contributed by atoms with Gasteiger partial charge in [0.05, 0.1) is 16.4 Å².